The van der Waals surface area contributed by atoms with Crippen molar-refractivity contribution in [3.05, 3.63) is 34.6 Å². The van der Waals surface area contributed by atoms with Gasteiger partial charge in [-0.2, -0.15) is 5.10 Å². The molecule has 2 aromatic rings. The maximum Gasteiger partial charge on any atom is 0.272 e. The van der Waals surface area contributed by atoms with Gasteiger partial charge in [0.1, 0.15) is 0 Å². The Morgan fingerprint density at radius 2 is 2.00 bits per heavy atom. The number of nitrogens with zero attached hydrogens (tertiary/aromatic N) is 1. The van der Waals surface area contributed by atoms with Crippen LogP contribution < -0.4 is 16.2 Å². The smallest absolute Gasteiger partial charge is 0.272 e. The summed E-state index contributed by atoms with van der Waals surface area (Å²) < 4.78 is 0. The van der Waals surface area contributed by atoms with E-state index in [4.69, 9.17) is 0 Å². The topological polar surface area (TPSA) is 69.8 Å². The Morgan fingerprint density at radius 1 is 1.20 bits per heavy atom. The van der Waals surface area contributed by atoms with Crippen molar-refractivity contribution in [2.24, 2.45) is 5.92 Å². The Bertz CT molecular complexity index is 633. The first-order valence-corrected chi connectivity index (χ1v) is 7.26. The number of benzene rings is 1. The molecule has 0 bridgehead atoms. The van der Waals surface area contributed by atoms with Crippen LogP contribution in [0.4, 0.5) is 5.82 Å². The minimum Gasteiger partial charge on any atom is -0.368 e. The van der Waals surface area contributed by atoms with Gasteiger partial charge in [0.15, 0.2) is 5.82 Å². The second kappa shape index (κ2) is 6.05. The highest BCUT2D eigenvalue weighted by molar-refractivity contribution is 5.90. The maximum absolute atomic E-state index is 11.7. The fraction of sp³-hybridized carbons (Fsp3) is 0.467. The monoisotopic (exact) mass is 272 g/mol. The summed E-state index contributed by atoms with van der Waals surface area (Å²) in [6, 6.07) is 7.53. The molecule has 1 aliphatic carbocycles. The molecule has 1 fully saturated rings. The second-order valence-corrected chi connectivity index (χ2v) is 5.37. The summed E-state index contributed by atoms with van der Waals surface area (Å²) in [5.41, 5.74) is -0.141. The Hall–Kier alpha value is -1.88. The maximum atomic E-state index is 11.7. The minimum absolute atomic E-state index is 0.141. The van der Waals surface area contributed by atoms with Gasteiger partial charge in [0, 0.05) is 11.9 Å². The van der Waals surface area contributed by atoms with E-state index >= 15 is 0 Å². The van der Waals surface area contributed by atoms with Crippen LogP contribution in [0.5, 0.6) is 0 Å². The van der Waals surface area contributed by atoms with Crippen LogP contribution in [0.1, 0.15) is 19.3 Å². The molecular formula is C15H20N4O. The predicted octanol–water partition coefficient (Wildman–Crippen LogP) is 1.72. The van der Waals surface area contributed by atoms with Gasteiger partial charge in [-0.3, -0.25) is 4.79 Å². The molecule has 20 heavy (non-hydrogen) atoms. The van der Waals surface area contributed by atoms with E-state index < -0.39 is 0 Å². The van der Waals surface area contributed by atoms with Crippen LogP contribution >= 0.6 is 0 Å². The number of hydrogen-bond acceptors (Lipinski definition) is 4. The number of fused-ring (bicyclic) bond motifs is 1. The van der Waals surface area contributed by atoms with E-state index in [9.17, 15) is 4.79 Å². The Labute approximate surface area is 117 Å². The van der Waals surface area contributed by atoms with Gasteiger partial charge in [0.05, 0.1) is 5.39 Å². The molecule has 0 atom stereocenters. The number of H-pyrrole nitrogens is 1. The molecule has 1 aromatic carbocycles. The fourth-order valence-electron chi connectivity index (χ4n) is 2.30. The summed E-state index contributed by atoms with van der Waals surface area (Å²) in [5.74, 6) is 1.68. The highest BCUT2D eigenvalue weighted by Crippen LogP contribution is 2.27. The van der Waals surface area contributed by atoms with Gasteiger partial charge in [0.2, 0.25) is 0 Å². The lowest BCUT2D eigenvalue weighted by molar-refractivity contribution is 0.622. The van der Waals surface area contributed by atoms with E-state index in [1.54, 1.807) is 0 Å². The van der Waals surface area contributed by atoms with Crippen molar-refractivity contribution in [2.75, 3.05) is 25.0 Å². The molecule has 1 aliphatic rings. The zero-order chi connectivity index (χ0) is 13.8. The summed E-state index contributed by atoms with van der Waals surface area (Å²) in [5, 5.41) is 14.9. The van der Waals surface area contributed by atoms with Crippen LogP contribution in [0.15, 0.2) is 29.1 Å². The van der Waals surface area contributed by atoms with Crippen molar-refractivity contribution < 1.29 is 0 Å². The van der Waals surface area contributed by atoms with Gasteiger partial charge in [0.25, 0.3) is 5.56 Å². The van der Waals surface area contributed by atoms with Crippen LogP contribution in [-0.2, 0) is 0 Å². The number of anilines is 1. The average Bonchev–Trinajstić information content (AvgIpc) is 3.29. The molecule has 5 heteroatoms. The summed E-state index contributed by atoms with van der Waals surface area (Å²) in [6.07, 6.45) is 3.82. The van der Waals surface area contributed by atoms with Crippen LogP contribution in [0, 0.1) is 5.92 Å². The number of hydrogen-bond donors (Lipinski definition) is 3. The van der Waals surface area contributed by atoms with Gasteiger partial charge < -0.3 is 10.6 Å². The first-order chi connectivity index (χ1) is 9.84. The Morgan fingerprint density at radius 3 is 2.80 bits per heavy atom. The second-order valence-electron chi connectivity index (χ2n) is 5.37. The van der Waals surface area contributed by atoms with Crippen LogP contribution in [0.3, 0.4) is 0 Å². The van der Waals surface area contributed by atoms with E-state index in [1.165, 1.54) is 12.8 Å². The van der Waals surface area contributed by atoms with E-state index in [2.05, 4.69) is 20.8 Å². The first-order valence-electron chi connectivity index (χ1n) is 7.26. The molecule has 5 nitrogen and oxygen atoms in total. The number of rotatable bonds is 7. The third-order valence-corrected chi connectivity index (χ3v) is 3.65. The highest BCUT2D eigenvalue weighted by Gasteiger charge is 2.19. The Kier molecular flexibility index (Phi) is 3.97. The fourth-order valence-corrected chi connectivity index (χ4v) is 2.30. The molecule has 1 saturated carbocycles. The molecule has 0 aliphatic heterocycles. The zero-order valence-corrected chi connectivity index (χ0v) is 11.5. The van der Waals surface area contributed by atoms with Crippen LogP contribution in [0.25, 0.3) is 10.8 Å². The number of nitrogens with one attached hydrogen (secondary N) is 3. The van der Waals surface area contributed by atoms with Gasteiger partial charge >= 0.3 is 0 Å². The lowest BCUT2D eigenvalue weighted by Crippen LogP contribution is -2.21. The molecule has 1 aromatic heterocycles. The standard InChI is InChI=1S/C15H20N4O/c20-15-13-5-2-1-4-12(13)14(18-19-15)17-9-3-8-16-10-11-6-7-11/h1-2,4-5,11,16H,3,6-10H2,(H,17,18)(H,19,20). The molecule has 0 amide bonds. The summed E-state index contributed by atoms with van der Waals surface area (Å²) >= 11 is 0. The molecule has 3 N–H and O–H groups in total. The summed E-state index contributed by atoms with van der Waals surface area (Å²) in [7, 11) is 0. The van der Waals surface area contributed by atoms with Crippen LogP contribution in [-0.4, -0.2) is 29.8 Å². The first kappa shape index (κ1) is 13.1. The van der Waals surface area contributed by atoms with E-state index in [0.717, 1.165) is 43.2 Å². The van der Waals surface area contributed by atoms with Gasteiger partial charge in [-0.15, -0.1) is 0 Å². The third-order valence-electron chi connectivity index (χ3n) is 3.65. The summed E-state index contributed by atoms with van der Waals surface area (Å²) in [6.45, 7) is 3.02. The van der Waals surface area contributed by atoms with Crippen molar-refractivity contribution >= 4 is 16.6 Å². The van der Waals surface area contributed by atoms with E-state index in [0.29, 0.717) is 5.39 Å². The van der Waals surface area contributed by atoms with E-state index in [1.807, 2.05) is 24.3 Å². The molecular weight excluding hydrogens is 252 g/mol. The molecule has 0 unspecified atom stereocenters. The molecule has 0 spiro atoms. The van der Waals surface area contributed by atoms with Gasteiger partial charge in [-0.25, -0.2) is 5.10 Å². The van der Waals surface area contributed by atoms with Crippen molar-refractivity contribution in [3.63, 3.8) is 0 Å². The van der Waals surface area contributed by atoms with Crippen molar-refractivity contribution in [2.45, 2.75) is 19.3 Å². The number of aromatic nitrogens is 2. The molecule has 3 rings (SSSR count). The lowest BCUT2D eigenvalue weighted by atomic mass is 10.2. The molecule has 0 radical (unpaired) electrons. The molecule has 106 valence electrons. The van der Waals surface area contributed by atoms with E-state index in [-0.39, 0.29) is 5.56 Å². The summed E-state index contributed by atoms with van der Waals surface area (Å²) in [4.78, 5) is 11.7. The van der Waals surface area contributed by atoms with Gasteiger partial charge in [-0.1, -0.05) is 18.2 Å². The largest absolute Gasteiger partial charge is 0.368 e. The minimum atomic E-state index is -0.141. The van der Waals surface area contributed by atoms with Crippen molar-refractivity contribution in [1.29, 1.82) is 0 Å². The normalized spacial score (nSPS) is 14.6. The highest BCUT2D eigenvalue weighted by atomic mass is 16.1. The van der Waals surface area contributed by atoms with Crippen molar-refractivity contribution in [1.82, 2.24) is 15.5 Å². The SMILES string of the molecule is O=c1[nH]nc(NCCCNCC2CC2)c2ccccc12. The van der Waals surface area contributed by atoms with Crippen LogP contribution in [0.2, 0.25) is 0 Å². The zero-order valence-electron chi connectivity index (χ0n) is 11.5. The third kappa shape index (κ3) is 3.17. The van der Waals surface area contributed by atoms with Crippen molar-refractivity contribution in [3.8, 4) is 0 Å². The lowest BCUT2D eigenvalue weighted by Gasteiger charge is -2.08. The predicted molar refractivity (Wildman–Crippen MR) is 81.1 cm³/mol. The Balaban J connectivity index is 1.54. The average molecular weight is 272 g/mol. The molecule has 0 saturated heterocycles. The number of aromatic amines is 1. The molecule has 1 heterocycles. The quantitative estimate of drug-likeness (QED) is 0.671. The van der Waals surface area contributed by atoms with Gasteiger partial charge in [-0.05, 0) is 44.3 Å².